The van der Waals surface area contributed by atoms with Crippen LogP contribution in [-0.2, 0) is 4.79 Å². The lowest BCUT2D eigenvalue weighted by Gasteiger charge is -2.39. The van der Waals surface area contributed by atoms with Crippen molar-refractivity contribution in [2.45, 2.75) is 46.0 Å². The van der Waals surface area contributed by atoms with Gasteiger partial charge in [-0.2, -0.15) is 0 Å². The molecule has 0 aromatic heterocycles. The maximum absolute atomic E-state index is 11.7. The molecule has 1 rings (SSSR count). The summed E-state index contributed by atoms with van der Waals surface area (Å²) in [7, 11) is 0. The SMILES string of the molecule is CCC1(C)CCN(C(=O)CCCO)CC1. The number of aliphatic hydroxyl groups is 1. The summed E-state index contributed by atoms with van der Waals surface area (Å²) in [6, 6.07) is 0. The first-order chi connectivity index (χ1) is 7.11. The van der Waals surface area contributed by atoms with Crippen LogP contribution in [0.1, 0.15) is 46.0 Å². The van der Waals surface area contributed by atoms with Crippen LogP contribution in [0.15, 0.2) is 0 Å². The number of amides is 1. The third kappa shape index (κ3) is 3.49. The van der Waals surface area contributed by atoms with Gasteiger partial charge in [0.15, 0.2) is 0 Å². The topological polar surface area (TPSA) is 40.5 Å². The smallest absolute Gasteiger partial charge is 0.222 e. The first-order valence-electron chi connectivity index (χ1n) is 6.00. The minimum absolute atomic E-state index is 0.117. The molecule has 15 heavy (non-hydrogen) atoms. The summed E-state index contributed by atoms with van der Waals surface area (Å²) in [5.74, 6) is 0.210. The molecule has 0 radical (unpaired) electrons. The monoisotopic (exact) mass is 213 g/mol. The molecule has 1 heterocycles. The zero-order chi connectivity index (χ0) is 11.3. The van der Waals surface area contributed by atoms with Crippen molar-refractivity contribution in [3.63, 3.8) is 0 Å². The van der Waals surface area contributed by atoms with Crippen LogP contribution in [0.2, 0.25) is 0 Å². The lowest BCUT2D eigenvalue weighted by Crippen LogP contribution is -2.41. The summed E-state index contributed by atoms with van der Waals surface area (Å²) >= 11 is 0. The fourth-order valence-corrected chi connectivity index (χ4v) is 2.04. The number of aliphatic hydroxyl groups excluding tert-OH is 1. The van der Waals surface area contributed by atoms with Crippen LogP contribution >= 0.6 is 0 Å². The Morgan fingerprint density at radius 3 is 2.47 bits per heavy atom. The highest BCUT2D eigenvalue weighted by Crippen LogP contribution is 2.33. The number of piperidine rings is 1. The van der Waals surface area contributed by atoms with Gasteiger partial charge in [0.25, 0.3) is 0 Å². The maximum Gasteiger partial charge on any atom is 0.222 e. The van der Waals surface area contributed by atoms with Crippen LogP contribution in [-0.4, -0.2) is 35.6 Å². The Morgan fingerprint density at radius 2 is 2.00 bits per heavy atom. The normalized spacial score (nSPS) is 20.3. The van der Waals surface area contributed by atoms with Crippen LogP contribution < -0.4 is 0 Å². The van der Waals surface area contributed by atoms with Gasteiger partial charge in [-0.25, -0.2) is 0 Å². The van der Waals surface area contributed by atoms with Gasteiger partial charge in [0, 0.05) is 26.1 Å². The molecule has 0 aliphatic carbocycles. The van der Waals surface area contributed by atoms with E-state index in [-0.39, 0.29) is 12.5 Å². The standard InChI is InChI=1S/C12H23NO2/c1-3-12(2)6-8-13(9-7-12)11(15)5-4-10-14/h14H,3-10H2,1-2H3. The number of nitrogens with zero attached hydrogens (tertiary/aromatic N) is 1. The molecule has 1 amide bonds. The Hall–Kier alpha value is -0.570. The van der Waals surface area contributed by atoms with E-state index in [1.165, 1.54) is 6.42 Å². The predicted octanol–water partition coefficient (Wildman–Crippen LogP) is 1.80. The van der Waals surface area contributed by atoms with Crippen molar-refractivity contribution >= 4 is 5.91 Å². The molecular weight excluding hydrogens is 190 g/mol. The zero-order valence-electron chi connectivity index (χ0n) is 9.96. The fourth-order valence-electron chi connectivity index (χ4n) is 2.04. The fraction of sp³-hybridized carbons (Fsp3) is 0.917. The minimum Gasteiger partial charge on any atom is -0.396 e. The Balaban J connectivity index is 2.33. The first kappa shape index (κ1) is 12.5. The van der Waals surface area contributed by atoms with Crippen molar-refractivity contribution < 1.29 is 9.90 Å². The molecule has 1 aliphatic rings. The molecule has 0 unspecified atom stereocenters. The molecule has 0 atom stereocenters. The molecular formula is C12H23NO2. The number of likely N-dealkylation sites (tertiary alicyclic amines) is 1. The van der Waals surface area contributed by atoms with E-state index >= 15 is 0 Å². The molecule has 1 fully saturated rings. The minimum atomic E-state index is 0.117. The maximum atomic E-state index is 11.7. The van der Waals surface area contributed by atoms with Gasteiger partial charge >= 0.3 is 0 Å². The van der Waals surface area contributed by atoms with Gasteiger partial charge in [-0.15, -0.1) is 0 Å². The highest BCUT2D eigenvalue weighted by Gasteiger charge is 2.29. The molecule has 1 N–H and O–H groups in total. The van der Waals surface area contributed by atoms with Crippen molar-refractivity contribution in [3.8, 4) is 0 Å². The molecule has 0 saturated carbocycles. The predicted molar refractivity (Wildman–Crippen MR) is 60.5 cm³/mol. The molecule has 0 bridgehead atoms. The van der Waals surface area contributed by atoms with Crippen LogP contribution in [0.4, 0.5) is 0 Å². The number of rotatable bonds is 4. The van der Waals surface area contributed by atoms with Gasteiger partial charge in [0.05, 0.1) is 0 Å². The lowest BCUT2D eigenvalue weighted by atomic mass is 9.78. The van der Waals surface area contributed by atoms with Gasteiger partial charge < -0.3 is 10.0 Å². The third-order valence-electron chi connectivity index (χ3n) is 3.73. The van der Waals surface area contributed by atoms with Crippen molar-refractivity contribution in [1.82, 2.24) is 4.90 Å². The Kier molecular flexibility index (Phi) is 4.58. The molecule has 0 aromatic carbocycles. The van der Waals surface area contributed by atoms with E-state index in [1.807, 2.05) is 4.90 Å². The molecule has 0 aromatic rings. The van der Waals surface area contributed by atoms with Gasteiger partial charge in [-0.05, 0) is 24.7 Å². The summed E-state index contributed by atoms with van der Waals surface area (Å²) < 4.78 is 0. The van der Waals surface area contributed by atoms with Gasteiger partial charge in [-0.1, -0.05) is 20.3 Å². The lowest BCUT2D eigenvalue weighted by molar-refractivity contribution is -0.133. The second kappa shape index (κ2) is 5.50. The summed E-state index contributed by atoms with van der Waals surface area (Å²) in [4.78, 5) is 13.6. The van der Waals surface area contributed by atoms with E-state index in [0.29, 0.717) is 18.3 Å². The molecule has 3 heteroatoms. The molecule has 88 valence electrons. The van der Waals surface area contributed by atoms with Gasteiger partial charge in [0.1, 0.15) is 0 Å². The number of carbonyl (C=O) groups is 1. The van der Waals surface area contributed by atoms with Crippen LogP contribution in [0.5, 0.6) is 0 Å². The number of hydrogen-bond acceptors (Lipinski definition) is 2. The van der Waals surface area contributed by atoms with E-state index in [2.05, 4.69) is 13.8 Å². The average molecular weight is 213 g/mol. The third-order valence-corrected chi connectivity index (χ3v) is 3.73. The highest BCUT2D eigenvalue weighted by molar-refractivity contribution is 5.76. The molecule has 0 spiro atoms. The van der Waals surface area contributed by atoms with E-state index < -0.39 is 0 Å². The van der Waals surface area contributed by atoms with E-state index in [1.54, 1.807) is 0 Å². The second-order valence-electron chi connectivity index (χ2n) is 4.87. The molecule has 1 saturated heterocycles. The molecule has 1 aliphatic heterocycles. The Labute approximate surface area is 92.5 Å². The van der Waals surface area contributed by atoms with E-state index in [4.69, 9.17) is 5.11 Å². The number of carbonyl (C=O) groups excluding carboxylic acids is 1. The number of hydrogen-bond donors (Lipinski definition) is 1. The Morgan fingerprint density at radius 1 is 1.40 bits per heavy atom. The van der Waals surface area contributed by atoms with Crippen LogP contribution in [0.25, 0.3) is 0 Å². The van der Waals surface area contributed by atoms with Crippen LogP contribution in [0.3, 0.4) is 0 Å². The summed E-state index contributed by atoms with van der Waals surface area (Å²) in [5, 5.41) is 8.66. The quantitative estimate of drug-likeness (QED) is 0.773. The summed E-state index contributed by atoms with van der Waals surface area (Å²) in [6.45, 7) is 6.45. The van der Waals surface area contributed by atoms with Crippen molar-refractivity contribution in [3.05, 3.63) is 0 Å². The summed E-state index contributed by atoms with van der Waals surface area (Å²) in [5.41, 5.74) is 0.438. The highest BCUT2D eigenvalue weighted by atomic mass is 16.3. The van der Waals surface area contributed by atoms with E-state index in [0.717, 1.165) is 25.9 Å². The Bertz CT molecular complexity index is 208. The van der Waals surface area contributed by atoms with Gasteiger partial charge in [-0.3, -0.25) is 4.79 Å². The van der Waals surface area contributed by atoms with Crippen molar-refractivity contribution in [1.29, 1.82) is 0 Å². The second-order valence-corrected chi connectivity index (χ2v) is 4.87. The van der Waals surface area contributed by atoms with Crippen molar-refractivity contribution in [2.24, 2.45) is 5.41 Å². The zero-order valence-corrected chi connectivity index (χ0v) is 9.96. The van der Waals surface area contributed by atoms with Crippen molar-refractivity contribution in [2.75, 3.05) is 19.7 Å². The van der Waals surface area contributed by atoms with E-state index in [9.17, 15) is 4.79 Å². The first-order valence-corrected chi connectivity index (χ1v) is 6.00. The average Bonchev–Trinajstić information content (AvgIpc) is 2.27. The molecule has 3 nitrogen and oxygen atoms in total. The van der Waals surface area contributed by atoms with Gasteiger partial charge in [0.2, 0.25) is 5.91 Å². The largest absolute Gasteiger partial charge is 0.396 e. The summed E-state index contributed by atoms with van der Waals surface area (Å²) in [6.07, 6.45) is 4.54. The van der Waals surface area contributed by atoms with Crippen LogP contribution in [0, 0.1) is 5.41 Å².